The van der Waals surface area contributed by atoms with Crippen molar-refractivity contribution in [2.24, 2.45) is 11.7 Å². The third-order valence-corrected chi connectivity index (χ3v) is 4.34. The summed E-state index contributed by atoms with van der Waals surface area (Å²) in [5.74, 6) is -0.549. The fourth-order valence-corrected chi connectivity index (χ4v) is 2.51. The Balaban J connectivity index is 0.00000280. The van der Waals surface area contributed by atoms with E-state index >= 15 is 0 Å². The van der Waals surface area contributed by atoms with Crippen LogP contribution in [0.15, 0.2) is 18.2 Å². The van der Waals surface area contributed by atoms with Gasteiger partial charge in [-0.05, 0) is 47.4 Å². The normalized spacial score (nSPS) is 14.3. The molecule has 9 nitrogen and oxygen atoms in total. The van der Waals surface area contributed by atoms with Gasteiger partial charge in [0.1, 0.15) is 11.5 Å². The van der Waals surface area contributed by atoms with Crippen molar-refractivity contribution in [3.05, 3.63) is 29.8 Å². The molecule has 1 saturated carbocycles. The zero-order valence-electron chi connectivity index (χ0n) is 15.6. The average molecular weight is 412 g/mol. The van der Waals surface area contributed by atoms with E-state index < -0.39 is 23.7 Å². The van der Waals surface area contributed by atoms with Crippen molar-refractivity contribution in [1.29, 1.82) is 0 Å². The molecule has 0 spiro atoms. The van der Waals surface area contributed by atoms with E-state index in [9.17, 15) is 14.0 Å². The second-order valence-corrected chi connectivity index (χ2v) is 6.93. The molecule has 1 heterocycles. The molecule has 2 amide bonds. The monoisotopic (exact) mass is 411 g/mol. The largest absolute Gasteiger partial charge is 0.346 e. The van der Waals surface area contributed by atoms with E-state index in [1.54, 1.807) is 0 Å². The molecule has 0 saturated heterocycles. The molecule has 2 aromatic rings. The van der Waals surface area contributed by atoms with Crippen LogP contribution in [0.1, 0.15) is 38.4 Å². The summed E-state index contributed by atoms with van der Waals surface area (Å²) in [6, 6.07) is 3.43. The Morgan fingerprint density at radius 2 is 2.07 bits per heavy atom. The standard InChI is InChI=1S/C17H22FN7O2.ClH/c1-9(2)15(19)17(27)20-8-14(26)21-11-5-6-12(18)13(7-11)25-16(10-3-4-10)22-23-24-25;/h5-7,9-10,15H,3-4,8,19H2,1-2H3,(H,20,27)(H,21,26);1H/t15-;/m0./s1. The van der Waals surface area contributed by atoms with Gasteiger partial charge < -0.3 is 16.4 Å². The molecule has 0 radical (unpaired) electrons. The summed E-state index contributed by atoms with van der Waals surface area (Å²) in [6.45, 7) is 3.41. The Kier molecular flexibility index (Phi) is 7.03. The SMILES string of the molecule is CC(C)[C@H](N)C(=O)NCC(=O)Nc1ccc(F)c(-n2nnnc2C2CC2)c1.Cl. The van der Waals surface area contributed by atoms with Crippen LogP contribution in [-0.2, 0) is 9.59 Å². The fourth-order valence-electron chi connectivity index (χ4n) is 2.51. The fraction of sp³-hybridized carbons (Fsp3) is 0.471. The third-order valence-electron chi connectivity index (χ3n) is 4.34. The van der Waals surface area contributed by atoms with Gasteiger partial charge in [0.2, 0.25) is 11.8 Å². The van der Waals surface area contributed by atoms with Crippen molar-refractivity contribution in [1.82, 2.24) is 25.5 Å². The predicted molar refractivity (Wildman–Crippen MR) is 103 cm³/mol. The van der Waals surface area contributed by atoms with Crippen LogP contribution in [0.4, 0.5) is 10.1 Å². The number of nitrogens with one attached hydrogen (secondary N) is 2. The van der Waals surface area contributed by atoms with Gasteiger partial charge in [0.05, 0.1) is 12.6 Å². The predicted octanol–water partition coefficient (Wildman–Crippen LogP) is 1.14. The molecule has 152 valence electrons. The zero-order chi connectivity index (χ0) is 19.6. The number of aromatic nitrogens is 4. The van der Waals surface area contributed by atoms with Gasteiger partial charge in [-0.2, -0.15) is 4.68 Å². The number of carbonyl (C=O) groups is 2. The smallest absolute Gasteiger partial charge is 0.243 e. The van der Waals surface area contributed by atoms with Gasteiger partial charge in [0.15, 0.2) is 5.82 Å². The number of hydrogen-bond donors (Lipinski definition) is 3. The maximum Gasteiger partial charge on any atom is 0.243 e. The molecule has 0 aliphatic heterocycles. The molecule has 1 aromatic carbocycles. The lowest BCUT2D eigenvalue weighted by Crippen LogP contribution is -2.46. The number of carbonyl (C=O) groups excluding carboxylic acids is 2. The number of benzene rings is 1. The first-order valence-electron chi connectivity index (χ1n) is 8.78. The quantitative estimate of drug-likeness (QED) is 0.626. The van der Waals surface area contributed by atoms with Gasteiger partial charge in [-0.25, -0.2) is 4.39 Å². The third kappa shape index (κ3) is 5.02. The number of hydrogen-bond acceptors (Lipinski definition) is 6. The second kappa shape index (κ2) is 9.07. The number of amides is 2. The minimum absolute atomic E-state index is 0. The minimum Gasteiger partial charge on any atom is -0.346 e. The summed E-state index contributed by atoms with van der Waals surface area (Å²) in [5.41, 5.74) is 6.26. The number of halogens is 2. The Morgan fingerprint density at radius 1 is 1.36 bits per heavy atom. The van der Waals surface area contributed by atoms with Crippen molar-refractivity contribution in [3.63, 3.8) is 0 Å². The van der Waals surface area contributed by atoms with Crippen molar-refractivity contribution in [2.75, 3.05) is 11.9 Å². The molecule has 0 bridgehead atoms. The summed E-state index contributed by atoms with van der Waals surface area (Å²) >= 11 is 0. The molecule has 1 aliphatic carbocycles. The van der Waals surface area contributed by atoms with Crippen molar-refractivity contribution in [3.8, 4) is 5.69 Å². The van der Waals surface area contributed by atoms with E-state index in [2.05, 4.69) is 26.2 Å². The lowest BCUT2D eigenvalue weighted by atomic mass is 10.1. The molecule has 1 fully saturated rings. The van der Waals surface area contributed by atoms with Crippen molar-refractivity contribution < 1.29 is 14.0 Å². The highest BCUT2D eigenvalue weighted by Crippen LogP contribution is 2.39. The first-order chi connectivity index (χ1) is 12.9. The molecule has 0 unspecified atom stereocenters. The van der Waals surface area contributed by atoms with E-state index in [-0.39, 0.29) is 36.5 Å². The van der Waals surface area contributed by atoms with E-state index in [0.29, 0.717) is 11.5 Å². The zero-order valence-corrected chi connectivity index (χ0v) is 16.4. The highest BCUT2D eigenvalue weighted by Gasteiger charge is 2.30. The van der Waals surface area contributed by atoms with Crippen LogP contribution in [0, 0.1) is 11.7 Å². The van der Waals surface area contributed by atoms with Crippen LogP contribution in [0.25, 0.3) is 5.69 Å². The van der Waals surface area contributed by atoms with E-state index in [0.717, 1.165) is 12.8 Å². The van der Waals surface area contributed by atoms with Crippen LogP contribution in [0.3, 0.4) is 0 Å². The first-order valence-corrected chi connectivity index (χ1v) is 8.78. The number of tetrazole rings is 1. The van der Waals surface area contributed by atoms with Gasteiger partial charge in [-0.3, -0.25) is 9.59 Å². The maximum atomic E-state index is 14.3. The number of nitrogens with two attached hydrogens (primary N) is 1. The van der Waals surface area contributed by atoms with Gasteiger partial charge in [-0.15, -0.1) is 17.5 Å². The van der Waals surface area contributed by atoms with Crippen LogP contribution < -0.4 is 16.4 Å². The second-order valence-electron chi connectivity index (χ2n) is 6.93. The summed E-state index contributed by atoms with van der Waals surface area (Å²) in [5, 5.41) is 16.5. The highest BCUT2D eigenvalue weighted by molar-refractivity contribution is 5.95. The molecule has 11 heteroatoms. The van der Waals surface area contributed by atoms with Crippen LogP contribution in [0.5, 0.6) is 0 Å². The Labute approximate surface area is 167 Å². The molecule has 28 heavy (non-hydrogen) atoms. The lowest BCUT2D eigenvalue weighted by Gasteiger charge is -2.15. The molecular weight excluding hydrogens is 389 g/mol. The van der Waals surface area contributed by atoms with Crippen LogP contribution in [0.2, 0.25) is 0 Å². The van der Waals surface area contributed by atoms with Gasteiger partial charge >= 0.3 is 0 Å². The minimum atomic E-state index is -0.684. The van der Waals surface area contributed by atoms with Crippen molar-refractivity contribution in [2.45, 2.75) is 38.6 Å². The molecule has 1 aliphatic rings. The molecule has 1 aromatic heterocycles. The van der Waals surface area contributed by atoms with Gasteiger partial charge in [-0.1, -0.05) is 13.8 Å². The molecule has 4 N–H and O–H groups in total. The Bertz CT molecular complexity index is 854. The van der Waals surface area contributed by atoms with Gasteiger partial charge in [0, 0.05) is 11.6 Å². The maximum absolute atomic E-state index is 14.3. The van der Waals surface area contributed by atoms with E-state index in [4.69, 9.17) is 5.73 Å². The average Bonchev–Trinajstić information content (AvgIpc) is 3.37. The van der Waals surface area contributed by atoms with Crippen molar-refractivity contribution >= 4 is 29.9 Å². The number of anilines is 1. The van der Waals surface area contributed by atoms with E-state index in [1.807, 2.05) is 13.8 Å². The summed E-state index contributed by atoms with van der Waals surface area (Å²) < 4.78 is 15.6. The number of rotatable bonds is 7. The topological polar surface area (TPSA) is 128 Å². The summed E-state index contributed by atoms with van der Waals surface area (Å²) in [7, 11) is 0. The summed E-state index contributed by atoms with van der Waals surface area (Å²) in [6.07, 6.45) is 1.94. The Hall–Kier alpha value is -2.59. The molecule has 1 atom stereocenters. The Morgan fingerprint density at radius 3 is 2.71 bits per heavy atom. The number of nitrogens with zero attached hydrogens (tertiary/aromatic N) is 4. The first kappa shape index (κ1) is 21.7. The van der Waals surface area contributed by atoms with E-state index in [1.165, 1.54) is 22.9 Å². The van der Waals surface area contributed by atoms with Crippen LogP contribution >= 0.6 is 12.4 Å². The lowest BCUT2D eigenvalue weighted by molar-refractivity contribution is -0.125. The van der Waals surface area contributed by atoms with Crippen LogP contribution in [-0.4, -0.2) is 44.6 Å². The highest BCUT2D eigenvalue weighted by atomic mass is 35.5. The van der Waals surface area contributed by atoms with Gasteiger partial charge in [0.25, 0.3) is 0 Å². The molecule has 3 rings (SSSR count). The summed E-state index contributed by atoms with van der Waals surface area (Å²) in [4.78, 5) is 23.9. The molecular formula is C17H23ClFN7O2.